The number of hydrogen-bond donors (Lipinski definition) is 1. The maximum Gasteiger partial charge on any atom is 0.264 e. The lowest BCUT2D eigenvalue weighted by atomic mass is 10.2. The second kappa shape index (κ2) is 9.82. The van der Waals surface area contributed by atoms with Gasteiger partial charge in [0, 0.05) is 31.4 Å². The van der Waals surface area contributed by atoms with Gasteiger partial charge in [-0.25, -0.2) is 12.8 Å². The molecule has 3 aromatic rings. The van der Waals surface area contributed by atoms with Crippen LogP contribution in [0.3, 0.4) is 0 Å². The van der Waals surface area contributed by atoms with E-state index in [4.69, 9.17) is 4.74 Å². The number of nitrogens with zero attached hydrogens (tertiary/aromatic N) is 2. The average Bonchev–Trinajstić information content (AvgIpc) is 2.84. The molecular weight excluding hydrogens is 457 g/mol. The zero-order valence-corrected chi connectivity index (χ0v) is 19.8. The van der Waals surface area contributed by atoms with E-state index in [0.29, 0.717) is 48.9 Å². The number of aryl methyl sites for hydroxylation is 1. The van der Waals surface area contributed by atoms with Crippen molar-refractivity contribution in [2.24, 2.45) is 0 Å². The van der Waals surface area contributed by atoms with Gasteiger partial charge in [0.1, 0.15) is 5.82 Å². The number of hydrogen-bond acceptors (Lipinski definition) is 5. The highest BCUT2D eigenvalue weighted by Gasteiger charge is 2.21. The number of ether oxygens (including phenoxy) is 1. The van der Waals surface area contributed by atoms with Gasteiger partial charge in [0.15, 0.2) is 0 Å². The Hall–Kier alpha value is -3.43. The summed E-state index contributed by atoms with van der Waals surface area (Å²) >= 11 is 0. The Labute approximate surface area is 198 Å². The molecule has 1 saturated heterocycles. The fourth-order valence-corrected chi connectivity index (χ4v) is 4.87. The van der Waals surface area contributed by atoms with E-state index in [0.717, 1.165) is 5.56 Å². The van der Waals surface area contributed by atoms with Crippen molar-refractivity contribution >= 4 is 33.0 Å². The quantitative estimate of drug-likeness (QED) is 0.572. The molecule has 3 aromatic carbocycles. The smallest absolute Gasteiger partial charge is 0.264 e. The van der Waals surface area contributed by atoms with Crippen molar-refractivity contribution in [3.8, 4) is 0 Å². The number of carbonyl (C=O) groups excluding carboxylic acids is 1. The van der Waals surface area contributed by atoms with E-state index in [9.17, 15) is 17.6 Å². The molecule has 1 heterocycles. The zero-order valence-electron chi connectivity index (χ0n) is 19.0. The van der Waals surface area contributed by atoms with E-state index in [1.54, 1.807) is 48.5 Å². The molecule has 1 amide bonds. The van der Waals surface area contributed by atoms with Crippen molar-refractivity contribution < 1.29 is 22.3 Å². The van der Waals surface area contributed by atoms with Gasteiger partial charge in [0.05, 0.1) is 29.5 Å². The molecule has 7 nitrogen and oxygen atoms in total. The molecule has 0 unspecified atom stereocenters. The first-order chi connectivity index (χ1) is 16.3. The summed E-state index contributed by atoms with van der Waals surface area (Å²) in [4.78, 5) is 14.7. The summed E-state index contributed by atoms with van der Waals surface area (Å²) in [6.45, 7) is 4.22. The second-order valence-electron chi connectivity index (χ2n) is 8.05. The van der Waals surface area contributed by atoms with Crippen LogP contribution in [0.4, 0.5) is 21.5 Å². The highest BCUT2D eigenvalue weighted by molar-refractivity contribution is 7.92. The summed E-state index contributed by atoms with van der Waals surface area (Å²) in [7, 11) is -2.27. The lowest BCUT2D eigenvalue weighted by Gasteiger charge is -2.29. The highest BCUT2D eigenvalue weighted by Crippen LogP contribution is 2.25. The molecule has 0 spiro atoms. The van der Waals surface area contributed by atoms with E-state index in [1.165, 1.54) is 29.6 Å². The average molecular weight is 484 g/mol. The number of rotatable bonds is 6. The summed E-state index contributed by atoms with van der Waals surface area (Å²) in [5.74, 6) is -0.841. The number of nitrogens with one attached hydrogen (secondary N) is 1. The third-order valence-corrected chi connectivity index (χ3v) is 7.53. The van der Waals surface area contributed by atoms with Crippen molar-refractivity contribution in [3.05, 3.63) is 83.7 Å². The van der Waals surface area contributed by atoms with Crippen LogP contribution in [0.5, 0.6) is 0 Å². The lowest BCUT2D eigenvalue weighted by Crippen LogP contribution is -2.36. The maximum atomic E-state index is 14.6. The number of sulfonamides is 1. The highest BCUT2D eigenvalue weighted by atomic mass is 32.2. The molecule has 0 aliphatic carbocycles. The van der Waals surface area contributed by atoms with E-state index < -0.39 is 21.7 Å². The van der Waals surface area contributed by atoms with Crippen LogP contribution in [-0.4, -0.2) is 47.7 Å². The Bertz CT molecular complexity index is 1270. The van der Waals surface area contributed by atoms with Crippen molar-refractivity contribution in [3.63, 3.8) is 0 Å². The number of benzene rings is 3. The van der Waals surface area contributed by atoms with Crippen LogP contribution in [0.1, 0.15) is 15.9 Å². The molecule has 1 aliphatic heterocycles. The fourth-order valence-electron chi connectivity index (χ4n) is 3.68. The van der Waals surface area contributed by atoms with Crippen molar-refractivity contribution in [2.75, 3.05) is 47.9 Å². The molecule has 0 radical (unpaired) electrons. The molecule has 0 saturated carbocycles. The van der Waals surface area contributed by atoms with E-state index in [2.05, 4.69) is 5.32 Å². The molecule has 1 aliphatic rings. The predicted octanol–water partition coefficient (Wildman–Crippen LogP) is 4.05. The van der Waals surface area contributed by atoms with Gasteiger partial charge < -0.3 is 15.0 Å². The van der Waals surface area contributed by atoms with Crippen LogP contribution in [-0.2, 0) is 14.8 Å². The van der Waals surface area contributed by atoms with Crippen molar-refractivity contribution in [2.45, 2.75) is 11.8 Å². The topological polar surface area (TPSA) is 79.0 Å². The minimum Gasteiger partial charge on any atom is -0.378 e. The van der Waals surface area contributed by atoms with Gasteiger partial charge in [0.25, 0.3) is 15.9 Å². The fraction of sp³-hybridized carbons (Fsp3) is 0.240. The Balaban J connectivity index is 1.45. The van der Waals surface area contributed by atoms with Crippen LogP contribution in [0.25, 0.3) is 0 Å². The predicted molar refractivity (Wildman–Crippen MR) is 131 cm³/mol. The SMILES string of the molecule is Cc1ccc(S(=O)(=O)N(C)c2ccc(C(=O)Nc3ccc(N4CCOCC4)c(F)c3)cc2)cc1. The molecule has 1 N–H and O–H groups in total. The summed E-state index contributed by atoms with van der Waals surface area (Å²) in [5.41, 5.74) is 2.51. The van der Waals surface area contributed by atoms with Crippen LogP contribution in [0.2, 0.25) is 0 Å². The minimum absolute atomic E-state index is 0.185. The number of anilines is 3. The second-order valence-corrected chi connectivity index (χ2v) is 10.0. The number of morpholine rings is 1. The first-order valence-electron chi connectivity index (χ1n) is 10.8. The van der Waals surface area contributed by atoms with Gasteiger partial charge in [-0.05, 0) is 61.5 Å². The Morgan fingerprint density at radius 1 is 1.00 bits per heavy atom. The normalized spacial score (nSPS) is 14.0. The number of halogens is 1. The number of amides is 1. The van der Waals surface area contributed by atoms with Crippen LogP contribution >= 0.6 is 0 Å². The van der Waals surface area contributed by atoms with Gasteiger partial charge >= 0.3 is 0 Å². The van der Waals surface area contributed by atoms with Gasteiger partial charge in [-0.2, -0.15) is 0 Å². The minimum atomic E-state index is -3.73. The molecule has 0 bridgehead atoms. The first kappa shape index (κ1) is 23.7. The molecule has 1 fully saturated rings. The third kappa shape index (κ3) is 5.05. The molecular formula is C25H26FN3O4S. The van der Waals surface area contributed by atoms with Gasteiger partial charge in [-0.1, -0.05) is 17.7 Å². The largest absolute Gasteiger partial charge is 0.378 e. The van der Waals surface area contributed by atoms with Gasteiger partial charge in [0.2, 0.25) is 0 Å². The van der Waals surface area contributed by atoms with Gasteiger partial charge in [-0.3, -0.25) is 9.10 Å². The molecule has 9 heteroatoms. The summed E-state index contributed by atoms with van der Waals surface area (Å²) in [6, 6.07) is 17.4. The molecule has 0 aromatic heterocycles. The third-order valence-electron chi connectivity index (χ3n) is 5.73. The van der Waals surface area contributed by atoms with Crippen LogP contribution in [0, 0.1) is 12.7 Å². The molecule has 34 heavy (non-hydrogen) atoms. The monoisotopic (exact) mass is 483 g/mol. The lowest BCUT2D eigenvalue weighted by molar-refractivity contribution is 0.102. The molecule has 4 rings (SSSR count). The summed E-state index contributed by atoms with van der Waals surface area (Å²) in [6.07, 6.45) is 0. The Kier molecular flexibility index (Phi) is 6.85. The van der Waals surface area contributed by atoms with Crippen LogP contribution in [0.15, 0.2) is 71.6 Å². The maximum absolute atomic E-state index is 14.6. The zero-order chi connectivity index (χ0) is 24.3. The van der Waals surface area contributed by atoms with Gasteiger partial charge in [-0.15, -0.1) is 0 Å². The van der Waals surface area contributed by atoms with Crippen molar-refractivity contribution in [1.29, 1.82) is 0 Å². The summed E-state index contributed by atoms with van der Waals surface area (Å²) in [5, 5.41) is 2.69. The first-order valence-corrected chi connectivity index (χ1v) is 12.3. The van der Waals surface area contributed by atoms with Crippen molar-refractivity contribution in [1.82, 2.24) is 0 Å². The summed E-state index contributed by atoms with van der Waals surface area (Å²) < 4.78 is 46.8. The number of carbonyl (C=O) groups is 1. The van der Waals surface area contributed by atoms with Crippen LogP contribution < -0.4 is 14.5 Å². The van der Waals surface area contributed by atoms with E-state index in [-0.39, 0.29) is 4.90 Å². The molecule has 0 atom stereocenters. The van der Waals surface area contributed by atoms with E-state index >= 15 is 0 Å². The Morgan fingerprint density at radius 2 is 1.65 bits per heavy atom. The Morgan fingerprint density at radius 3 is 2.26 bits per heavy atom. The standard InChI is InChI=1S/C25H26FN3O4S/c1-18-3-10-22(11-4-18)34(31,32)28(2)21-8-5-19(6-9-21)25(30)27-20-7-12-24(23(26)17-20)29-13-15-33-16-14-29/h3-12,17H,13-16H2,1-2H3,(H,27,30). The molecule has 178 valence electrons. The van der Waals surface area contributed by atoms with E-state index in [1.807, 2.05) is 11.8 Å².